The van der Waals surface area contributed by atoms with E-state index in [2.05, 4.69) is 28.5 Å². The van der Waals surface area contributed by atoms with Gasteiger partial charge in [0.25, 0.3) is 0 Å². The molecule has 0 saturated heterocycles. The second-order valence-corrected chi connectivity index (χ2v) is 7.78. The maximum absolute atomic E-state index is 9.08. The number of aromatic nitrogens is 2. The topological polar surface area (TPSA) is 58.0 Å². The van der Waals surface area contributed by atoms with Gasteiger partial charge in [-0.05, 0) is 47.2 Å². The molecule has 1 heterocycles. The number of halogens is 1. The predicted octanol–water partition coefficient (Wildman–Crippen LogP) is 6.38. The molecule has 0 unspecified atom stereocenters. The van der Waals surface area contributed by atoms with Crippen LogP contribution in [0.3, 0.4) is 0 Å². The fourth-order valence-corrected chi connectivity index (χ4v) is 4.08. The molecule has 152 valence electrons. The monoisotopic (exact) mass is 425 g/mol. The van der Waals surface area contributed by atoms with E-state index >= 15 is 0 Å². The molecule has 0 aliphatic heterocycles. The van der Waals surface area contributed by atoms with Crippen molar-refractivity contribution in [3.63, 3.8) is 0 Å². The van der Waals surface area contributed by atoms with Crippen LogP contribution in [0.4, 0.5) is 11.6 Å². The Labute approximate surface area is 185 Å². The zero-order valence-corrected chi connectivity index (χ0v) is 17.5. The fourth-order valence-electron chi connectivity index (χ4n) is 3.85. The maximum Gasteiger partial charge on any atom is 0.227 e. The molecule has 5 heteroatoms. The first-order chi connectivity index (χ1) is 15.2. The van der Waals surface area contributed by atoms with Gasteiger partial charge in [0.1, 0.15) is 0 Å². The third kappa shape index (κ3) is 3.83. The largest absolute Gasteiger partial charge is 0.396 e. The van der Waals surface area contributed by atoms with Gasteiger partial charge in [-0.2, -0.15) is 0 Å². The van der Waals surface area contributed by atoms with Gasteiger partial charge in [-0.3, -0.25) is 0 Å². The van der Waals surface area contributed by atoms with E-state index in [1.54, 1.807) is 0 Å². The summed E-state index contributed by atoms with van der Waals surface area (Å²) in [5.41, 5.74) is 4.94. The molecule has 2 N–H and O–H groups in total. The Kier molecular flexibility index (Phi) is 5.24. The second kappa shape index (κ2) is 8.34. The lowest BCUT2D eigenvalue weighted by atomic mass is 9.96. The number of benzene rings is 4. The highest BCUT2D eigenvalue weighted by molar-refractivity contribution is 6.34. The highest BCUT2D eigenvalue weighted by Gasteiger charge is 2.12. The Bertz CT molecular complexity index is 1380. The first-order valence-electron chi connectivity index (χ1n) is 10.1. The first kappa shape index (κ1) is 19.5. The van der Waals surface area contributed by atoms with Crippen molar-refractivity contribution in [2.45, 2.75) is 6.42 Å². The van der Waals surface area contributed by atoms with E-state index in [-0.39, 0.29) is 6.61 Å². The lowest BCUT2D eigenvalue weighted by Crippen LogP contribution is -1.98. The van der Waals surface area contributed by atoms with Crippen LogP contribution < -0.4 is 5.32 Å². The molecule has 4 nitrogen and oxygen atoms in total. The van der Waals surface area contributed by atoms with Crippen LogP contribution >= 0.6 is 11.6 Å². The summed E-state index contributed by atoms with van der Waals surface area (Å²) < 4.78 is 0. The quantitative estimate of drug-likeness (QED) is 0.321. The van der Waals surface area contributed by atoms with Gasteiger partial charge in [0, 0.05) is 39.8 Å². The van der Waals surface area contributed by atoms with Crippen molar-refractivity contribution in [3.05, 3.63) is 95.6 Å². The summed E-state index contributed by atoms with van der Waals surface area (Å²) in [5.74, 6) is 0.540. The standard InChI is InChI=1S/C26H20ClN3O/c27-24-8-4-3-6-21(24)23-15-18-16-28-26(29-19-11-9-17(10-12-19)13-14-31)30-25(18)22-7-2-1-5-20(22)23/h1-12,15-16,31H,13-14H2,(H,28,29,30). The highest BCUT2D eigenvalue weighted by atomic mass is 35.5. The molecule has 0 radical (unpaired) electrons. The smallest absolute Gasteiger partial charge is 0.227 e. The van der Waals surface area contributed by atoms with Gasteiger partial charge in [-0.25, -0.2) is 9.97 Å². The molecule has 0 fully saturated rings. The van der Waals surface area contributed by atoms with E-state index in [9.17, 15) is 0 Å². The Morgan fingerprint density at radius 1 is 0.839 bits per heavy atom. The lowest BCUT2D eigenvalue weighted by Gasteiger charge is -2.13. The van der Waals surface area contributed by atoms with Gasteiger partial charge in [0.2, 0.25) is 5.95 Å². The van der Waals surface area contributed by atoms with Crippen LogP contribution in [-0.4, -0.2) is 21.7 Å². The van der Waals surface area contributed by atoms with Crippen LogP contribution in [0, 0.1) is 0 Å². The number of fused-ring (bicyclic) bond motifs is 3. The normalized spacial score (nSPS) is 11.2. The fraction of sp³-hybridized carbons (Fsp3) is 0.0769. The molecule has 0 aliphatic rings. The van der Waals surface area contributed by atoms with Crippen LogP contribution in [0.25, 0.3) is 32.8 Å². The minimum absolute atomic E-state index is 0.143. The van der Waals surface area contributed by atoms with Crippen molar-refractivity contribution >= 4 is 44.9 Å². The van der Waals surface area contributed by atoms with Crippen molar-refractivity contribution in [2.75, 3.05) is 11.9 Å². The van der Waals surface area contributed by atoms with Crippen molar-refractivity contribution in [1.82, 2.24) is 9.97 Å². The molecule has 0 aliphatic carbocycles. The van der Waals surface area contributed by atoms with Crippen molar-refractivity contribution in [3.8, 4) is 11.1 Å². The molecular weight excluding hydrogens is 406 g/mol. The number of anilines is 2. The maximum atomic E-state index is 9.08. The van der Waals surface area contributed by atoms with Crippen molar-refractivity contribution < 1.29 is 5.11 Å². The number of aliphatic hydroxyl groups excluding tert-OH is 1. The zero-order chi connectivity index (χ0) is 21.2. The van der Waals surface area contributed by atoms with Crippen molar-refractivity contribution in [1.29, 1.82) is 0 Å². The van der Waals surface area contributed by atoms with Crippen LogP contribution in [0.5, 0.6) is 0 Å². The molecule has 0 saturated carbocycles. The van der Waals surface area contributed by atoms with E-state index in [4.69, 9.17) is 21.7 Å². The molecule has 0 spiro atoms. The van der Waals surface area contributed by atoms with Crippen molar-refractivity contribution in [2.24, 2.45) is 0 Å². The molecule has 0 amide bonds. The molecule has 5 rings (SSSR count). The Balaban J connectivity index is 1.60. The SMILES string of the molecule is OCCc1ccc(Nc2ncc3cc(-c4ccccc4Cl)c4ccccc4c3n2)cc1. The number of hydrogen-bond acceptors (Lipinski definition) is 4. The van der Waals surface area contributed by atoms with Gasteiger partial charge in [-0.1, -0.05) is 66.2 Å². The summed E-state index contributed by atoms with van der Waals surface area (Å²) in [6, 6.07) is 26.1. The first-order valence-corrected chi connectivity index (χ1v) is 10.5. The van der Waals surface area contributed by atoms with E-state index < -0.39 is 0 Å². The molecular formula is C26H20ClN3O. The van der Waals surface area contributed by atoms with Gasteiger partial charge in [0.05, 0.1) is 5.52 Å². The van der Waals surface area contributed by atoms with E-state index in [0.717, 1.165) is 49.1 Å². The van der Waals surface area contributed by atoms with Gasteiger partial charge in [0.15, 0.2) is 0 Å². The van der Waals surface area contributed by atoms with Crippen LogP contribution in [0.1, 0.15) is 5.56 Å². The zero-order valence-electron chi connectivity index (χ0n) is 16.7. The average Bonchev–Trinajstić information content (AvgIpc) is 2.81. The summed E-state index contributed by atoms with van der Waals surface area (Å²) >= 11 is 6.50. The third-order valence-corrected chi connectivity index (χ3v) is 5.69. The molecule has 0 atom stereocenters. The molecule has 0 bridgehead atoms. The molecule has 31 heavy (non-hydrogen) atoms. The number of rotatable bonds is 5. The Morgan fingerprint density at radius 2 is 1.58 bits per heavy atom. The van der Waals surface area contributed by atoms with Crippen LogP contribution in [0.15, 0.2) is 85.1 Å². The minimum atomic E-state index is 0.143. The number of nitrogens with one attached hydrogen (secondary N) is 1. The lowest BCUT2D eigenvalue weighted by molar-refractivity contribution is 0.299. The summed E-state index contributed by atoms with van der Waals surface area (Å²) in [5, 5.41) is 16.2. The highest BCUT2D eigenvalue weighted by Crippen LogP contribution is 2.37. The van der Waals surface area contributed by atoms with Gasteiger partial charge < -0.3 is 10.4 Å². The van der Waals surface area contributed by atoms with Gasteiger partial charge in [-0.15, -0.1) is 0 Å². The minimum Gasteiger partial charge on any atom is -0.396 e. The van der Waals surface area contributed by atoms with Crippen LogP contribution in [0.2, 0.25) is 5.02 Å². The van der Waals surface area contributed by atoms with E-state index in [1.165, 1.54) is 0 Å². The molecule has 1 aromatic heterocycles. The van der Waals surface area contributed by atoms with Gasteiger partial charge >= 0.3 is 0 Å². The number of nitrogens with zero attached hydrogens (tertiary/aromatic N) is 2. The predicted molar refractivity (Wildman–Crippen MR) is 128 cm³/mol. The number of aliphatic hydroxyl groups is 1. The Hall–Kier alpha value is -3.47. The molecule has 5 aromatic rings. The van der Waals surface area contributed by atoms with Crippen LogP contribution in [-0.2, 0) is 6.42 Å². The van der Waals surface area contributed by atoms with E-state index in [1.807, 2.05) is 66.9 Å². The second-order valence-electron chi connectivity index (χ2n) is 7.38. The summed E-state index contributed by atoms with van der Waals surface area (Å²) in [4.78, 5) is 9.35. The molecule has 4 aromatic carbocycles. The summed E-state index contributed by atoms with van der Waals surface area (Å²) in [6.07, 6.45) is 2.49. The third-order valence-electron chi connectivity index (χ3n) is 5.36. The average molecular weight is 426 g/mol. The van der Waals surface area contributed by atoms with E-state index in [0.29, 0.717) is 12.4 Å². The summed E-state index contributed by atoms with van der Waals surface area (Å²) in [7, 11) is 0. The summed E-state index contributed by atoms with van der Waals surface area (Å²) in [6.45, 7) is 0.143. The Morgan fingerprint density at radius 3 is 2.35 bits per heavy atom. The number of hydrogen-bond donors (Lipinski definition) is 2.